The summed E-state index contributed by atoms with van der Waals surface area (Å²) in [5.74, 6) is 2.65. The molecule has 0 spiro atoms. The molecule has 1 aliphatic heterocycles. The number of hydrogen-bond donors (Lipinski definition) is 2. The molecule has 2 aromatic heterocycles. The van der Waals surface area contributed by atoms with Crippen molar-refractivity contribution < 1.29 is 0 Å². The number of guanidine groups is 1. The minimum absolute atomic E-state index is 0. The maximum absolute atomic E-state index is 4.75. The van der Waals surface area contributed by atoms with Gasteiger partial charge < -0.3 is 15.2 Å². The van der Waals surface area contributed by atoms with Crippen LogP contribution in [0, 0.1) is 6.92 Å². The van der Waals surface area contributed by atoms with Gasteiger partial charge in [0.2, 0.25) is 0 Å². The second-order valence-corrected chi connectivity index (χ2v) is 7.46. The van der Waals surface area contributed by atoms with Crippen LogP contribution >= 0.6 is 35.3 Å². The first kappa shape index (κ1) is 22.1. The Bertz CT molecular complexity index is 713. The van der Waals surface area contributed by atoms with Crippen molar-refractivity contribution in [3.8, 4) is 0 Å². The minimum atomic E-state index is 0. The Morgan fingerprint density at radius 2 is 2.22 bits per heavy atom. The lowest BCUT2D eigenvalue weighted by Gasteiger charge is -2.24. The third-order valence-electron chi connectivity index (χ3n) is 5.01. The van der Waals surface area contributed by atoms with Gasteiger partial charge in [-0.3, -0.25) is 4.90 Å². The fourth-order valence-electron chi connectivity index (χ4n) is 3.25. The summed E-state index contributed by atoms with van der Waals surface area (Å²) in [6.45, 7) is 8.71. The zero-order chi connectivity index (χ0) is 18.4. The number of rotatable bonds is 7. The summed E-state index contributed by atoms with van der Waals surface area (Å²) in [6, 6.07) is 2.71. The van der Waals surface area contributed by atoms with Crippen LogP contribution in [-0.4, -0.2) is 51.3 Å². The van der Waals surface area contributed by atoms with Gasteiger partial charge in [-0.15, -0.1) is 34.2 Å². The Hall–Kier alpha value is -1.20. The molecule has 0 radical (unpaired) electrons. The van der Waals surface area contributed by atoms with E-state index < -0.39 is 0 Å². The lowest BCUT2D eigenvalue weighted by molar-refractivity contribution is 0.267. The average molecular weight is 503 g/mol. The van der Waals surface area contributed by atoms with Crippen LogP contribution in [-0.2, 0) is 20.1 Å². The molecule has 150 valence electrons. The predicted molar refractivity (Wildman–Crippen MR) is 122 cm³/mol. The van der Waals surface area contributed by atoms with Crippen LogP contribution in [0.25, 0.3) is 0 Å². The van der Waals surface area contributed by atoms with Crippen molar-refractivity contribution in [2.45, 2.75) is 45.8 Å². The molecular formula is C18H30IN7S. The van der Waals surface area contributed by atoms with Gasteiger partial charge in [0.25, 0.3) is 0 Å². The summed E-state index contributed by atoms with van der Waals surface area (Å²) >= 11 is 1.70. The molecule has 7 nitrogen and oxygen atoms in total. The van der Waals surface area contributed by atoms with Crippen LogP contribution in [0.15, 0.2) is 21.8 Å². The number of aromatic nitrogens is 3. The van der Waals surface area contributed by atoms with Gasteiger partial charge >= 0.3 is 0 Å². The van der Waals surface area contributed by atoms with Crippen LogP contribution in [0.5, 0.6) is 0 Å². The van der Waals surface area contributed by atoms with Crippen molar-refractivity contribution in [1.29, 1.82) is 0 Å². The van der Waals surface area contributed by atoms with Gasteiger partial charge in [0, 0.05) is 19.6 Å². The largest absolute Gasteiger partial charge is 0.355 e. The molecule has 0 aliphatic carbocycles. The number of nitrogens with zero attached hydrogens (tertiary/aromatic N) is 5. The zero-order valence-electron chi connectivity index (χ0n) is 16.3. The van der Waals surface area contributed by atoms with Crippen LogP contribution in [0.3, 0.4) is 0 Å². The highest BCUT2D eigenvalue weighted by Crippen LogP contribution is 2.15. The summed E-state index contributed by atoms with van der Waals surface area (Å²) in [6.07, 6.45) is 2.54. The Morgan fingerprint density at radius 1 is 1.37 bits per heavy atom. The Balaban J connectivity index is 0.00000261. The van der Waals surface area contributed by atoms with E-state index in [4.69, 9.17) is 4.99 Å². The van der Waals surface area contributed by atoms with Gasteiger partial charge in [0.15, 0.2) is 11.8 Å². The molecule has 1 atom stereocenters. The summed E-state index contributed by atoms with van der Waals surface area (Å²) in [4.78, 5) is 7.29. The molecule has 0 saturated carbocycles. The summed E-state index contributed by atoms with van der Waals surface area (Å²) in [5, 5.41) is 19.5. The van der Waals surface area contributed by atoms with Crippen molar-refractivity contribution in [3.05, 3.63) is 34.0 Å². The number of aliphatic imine (C=N–C) groups is 1. The lowest BCUT2D eigenvalue weighted by Crippen LogP contribution is -2.44. The molecule has 0 aromatic carbocycles. The molecule has 2 N–H and O–H groups in total. The first-order valence-corrected chi connectivity index (χ1v) is 10.2. The summed E-state index contributed by atoms with van der Waals surface area (Å²) < 4.78 is 2.00. The molecular weight excluding hydrogens is 473 g/mol. The average Bonchev–Trinajstić information content (AvgIpc) is 3.38. The summed E-state index contributed by atoms with van der Waals surface area (Å²) in [5.41, 5.74) is 1.24. The lowest BCUT2D eigenvalue weighted by atomic mass is 10.2. The monoisotopic (exact) mass is 503 g/mol. The Morgan fingerprint density at radius 3 is 2.89 bits per heavy atom. The highest BCUT2D eigenvalue weighted by molar-refractivity contribution is 14.0. The van der Waals surface area contributed by atoms with E-state index >= 15 is 0 Å². The zero-order valence-corrected chi connectivity index (χ0v) is 19.5. The smallest absolute Gasteiger partial charge is 0.192 e. The van der Waals surface area contributed by atoms with E-state index in [1.807, 2.05) is 18.5 Å². The van der Waals surface area contributed by atoms with Gasteiger partial charge in [0.1, 0.15) is 5.82 Å². The number of halogens is 1. The minimum Gasteiger partial charge on any atom is -0.355 e. The van der Waals surface area contributed by atoms with E-state index in [0.29, 0.717) is 19.1 Å². The molecule has 0 amide bonds. The van der Waals surface area contributed by atoms with Crippen LogP contribution in [0.2, 0.25) is 0 Å². The summed E-state index contributed by atoms with van der Waals surface area (Å²) in [7, 11) is 1.99. The number of aryl methyl sites for hydroxylation is 1. The molecule has 1 aliphatic rings. The van der Waals surface area contributed by atoms with E-state index in [-0.39, 0.29) is 24.0 Å². The molecule has 27 heavy (non-hydrogen) atoms. The number of likely N-dealkylation sites (N-methyl/N-ethyl adjacent to an activating group) is 1. The Kier molecular flexibility index (Phi) is 8.97. The predicted octanol–water partition coefficient (Wildman–Crippen LogP) is 2.52. The fourth-order valence-corrected chi connectivity index (χ4v) is 3.91. The molecule has 1 saturated heterocycles. The van der Waals surface area contributed by atoms with Gasteiger partial charge in [0.05, 0.1) is 13.1 Å². The molecule has 1 unspecified atom stereocenters. The van der Waals surface area contributed by atoms with Gasteiger partial charge in [-0.25, -0.2) is 4.99 Å². The van der Waals surface area contributed by atoms with Crippen molar-refractivity contribution in [3.63, 3.8) is 0 Å². The highest BCUT2D eigenvalue weighted by Gasteiger charge is 2.22. The van der Waals surface area contributed by atoms with Crippen molar-refractivity contribution in [2.24, 2.45) is 12.0 Å². The van der Waals surface area contributed by atoms with E-state index in [1.165, 1.54) is 24.9 Å². The fraction of sp³-hybridized carbons (Fsp3) is 0.611. The quantitative estimate of drug-likeness (QED) is 0.345. The number of nitrogens with one attached hydrogen (secondary N) is 2. The number of hydrogen-bond acceptors (Lipinski definition) is 5. The second-order valence-electron chi connectivity index (χ2n) is 6.68. The second kappa shape index (κ2) is 11.0. The van der Waals surface area contributed by atoms with Gasteiger partial charge in [-0.1, -0.05) is 6.92 Å². The first-order chi connectivity index (χ1) is 12.7. The van der Waals surface area contributed by atoms with Crippen molar-refractivity contribution in [1.82, 2.24) is 30.3 Å². The van der Waals surface area contributed by atoms with Crippen LogP contribution < -0.4 is 10.6 Å². The normalized spacial score (nSPS) is 17.7. The van der Waals surface area contributed by atoms with Crippen molar-refractivity contribution >= 4 is 41.3 Å². The molecule has 0 bridgehead atoms. The molecule has 2 aromatic rings. The third-order valence-corrected chi connectivity index (χ3v) is 5.74. The Labute approximate surface area is 182 Å². The van der Waals surface area contributed by atoms with Crippen molar-refractivity contribution in [2.75, 3.05) is 19.6 Å². The third kappa shape index (κ3) is 6.15. The molecule has 3 heterocycles. The first-order valence-electron chi connectivity index (χ1n) is 9.29. The standard InChI is InChI=1S/C18H29N7S.HI/c1-4-25-8-5-6-16(25)11-20-18(19-10-15-7-9-26-13-15)21-12-17-23-22-14(2)24(17)3;/h7,9,13,16H,4-6,8,10-12H2,1-3H3,(H2,19,20,21);1H. The SMILES string of the molecule is CCN1CCCC1CNC(=NCc1ccsc1)NCc1nnc(C)n1C.I. The van der Waals surface area contributed by atoms with Gasteiger partial charge in [-0.2, -0.15) is 11.3 Å². The maximum atomic E-state index is 4.75. The van der Waals surface area contributed by atoms with E-state index in [2.05, 4.69) is 49.5 Å². The molecule has 3 rings (SSSR count). The van der Waals surface area contributed by atoms with E-state index in [9.17, 15) is 0 Å². The van der Waals surface area contributed by atoms with Crippen LogP contribution in [0.1, 0.15) is 37.0 Å². The van der Waals surface area contributed by atoms with Gasteiger partial charge in [-0.05, 0) is 55.2 Å². The topological polar surface area (TPSA) is 70.4 Å². The maximum Gasteiger partial charge on any atom is 0.192 e. The van der Waals surface area contributed by atoms with E-state index in [1.54, 1.807) is 11.3 Å². The molecule has 1 fully saturated rings. The number of likely N-dealkylation sites (tertiary alicyclic amines) is 1. The molecule has 9 heteroatoms. The van der Waals surface area contributed by atoms with Crippen LogP contribution in [0.4, 0.5) is 0 Å². The van der Waals surface area contributed by atoms with E-state index in [0.717, 1.165) is 30.7 Å². The highest BCUT2D eigenvalue weighted by atomic mass is 127. The number of thiophene rings is 1.